The molecule has 0 unspecified atom stereocenters. The average molecular weight is 377 g/mol. The minimum atomic E-state index is 0.199. The highest BCUT2D eigenvalue weighted by Crippen LogP contribution is 2.33. The van der Waals surface area contributed by atoms with Crippen molar-refractivity contribution in [1.82, 2.24) is 10.1 Å². The molecule has 0 N–H and O–H groups in total. The zero-order valence-corrected chi connectivity index (χ0v) is 15.1. The van der Waals surface area contributed by atoms with Gasteiger partial charge in [0.25, 0.3) is 0 Å². The molecule has 1 aliphatic rings. The molecule has 0 spiro atoms. The molecular formula is C18H21BrN2O2. The van der Waals surface area contributed by atoms with Gasteiger partial charge in [-0.3, -0.25) is 4.79 Å². The average Bonchev–Trinajstić information content (AvgIpc) is 3.13. The quantitative estimate of drug-likeness (QED) is 0.796. The van der Waals surface area contributed by atoms with E-state index in [0.717, 1.165) is 40.9 Å². The van der Waals surface area contributed by atoms with Crippen molar-refractivity contribution in [2.24, 2.45) is 0 Å². The molecule has 23 heavy (non-hydrogen) atoms. The van der Waals surface area contributed by atoms with Crippen LogP contribution >= 0.6 is 15.9 Å². The van der Waals surface area contributed by atoms with Crippen molar-refractivity contribution >= 4 is 21.8 Å². The van der Waals surface area contributed by atoms with Gasteiger partial charge in [0.2, 0.25) is 5.91 Å². The molecular weight excluding hydrogens is 356 g/mol. The zero-order chi connectivity index (χ0) is 16.4. The lowest BCUT2D eigenvalue weighted by molar-refractivity contribution is -0.132. The Morgan fingerprint density at radius 2 is 2.26 bits per heavy atom. The number of nitrogens with zero attached hydrogens (tertiary/aromatic N) is 2. The minimum Gasteiger partial charge on any atom is -0.361 e. The molecule has 2 heterocycles. The molecule has 0 radical (unpaired) electrons. The van der Waals surface area contributed by atoms with Gasteiger partial charge in [0, 0.05) is 23.0 Å². The Kier molecular flexibility index (Phi) is 4.85. The van der Waals surface area contributed by atoms with E-state index in [1.165, 1.54) is 5.56 Å². The van der Waals surface area contributed by atoms with E-state index >= 15 is 0 Å². The Hall–Kier alpha value is -1.62. The van der Waals surface area contributed by atoms with Gasteiger partial charge >= 0.3 is 0 Å². The molecule has 122 valence electrons. The molecule has 0 saturated carbocycles. The smallest absolute Gasteiger partial charge is 0.223 e. The second-order valence-corrected chi connectivity index (χ2v) is 7.02. The summed E-state index contributed by atoms with van der Waals surface area (Å²) in [6.45, 7) is 4.67. The van der Waals surface area contributed by atoms with Crippen LogP contribution in [-0.4, -0.2) is 22.5 Å². The van der Waals surface area contributed by atoms with Gasteiger partial charge in [-0.05, 0) is 50.8 Å². The summed E-state index contributed by atoms with van der Waals surface area (Å²) in [6.07, 6.45) is 3.30. The largest absolute Gasteiger partial charge is 0.361 e. The summed E-state index contributed by atoms with van der Waals surface area (Å²) in [6, 6.07) is 8.47. The number of hydrogen-bond donors (Lipinski definition) is 0. The monoisotopic (exact) mass is 376 g/mol. The van der Waals surface area contributed by atoms with Crippen LogP contribution in [0.2, 0.25) is 0 Å². The van der Waals surface area contributed by atoms with Crippen LogP contribution in [0.25, 0.3) is 0 Å². The van der Waals surface area contributed by atoms with Crippen LogP contribution in [0.3, 0.4) is 0 Å². The maximum Gasteiger partial charge on any atom is 0.223 e. The topological polar surface area (TPSA) is 46.3 Å². The molecule has 1 aliphatic heterocycles. The molecule has 1 aromatic carbocycles. The van der Waals surface area contributed by atoms with Crippen LogP contribution in [0.5, 0.6) is 0 Å². The summed E-state index contributed by atoms with van der Waals surface area (Å²) in [7, 11) is 0. The number of aryl methyl sites for hydroxylation is 2. The molecule has 1 aromatic heterocycles. The highest BCUT2D eigenvalue weighted by Gasteiger charge is 2.29. The molecule has 5 heteroatoms. The molecule has 1 atom stereocenters. The predicted octanol–water partition coefficient (Wildman–Crippen LogP) is 4.35. The van der Waals surface area contributed by atoms with Crippen molar-refractivity contribution in [3.8, 4) is 0 Å². The first-order valence-electron chi connectivity index (χ1n) is 8.03. The molecule has 1 fully saturated rings. The van der Waals surface area contributed by atoms with E-state index < -0.39 is 0 Å². The number of benzene rings is 1. The van der Waals surface area contributed by atoms with Crippen LogP contribution in [0.1, 0.15) is 47.9 Å². The van der Waals surface area contributed by atoms with Gasteiger partial charge in [0.15, 0.2) is 0 Å². The van der Waals surface area contributed by atoms with Gasteiger partial charge < -0.3 is 9.42 Å². The highest BCUT2D eigenvalue weighted by atomic mass is 79.9. The third-order valence-electron chi connectivity index (χ3n) is 4.58. The van der Waals surface area contributed by atoms with E-state index in [1.54, 1.807) is 0 Å². The first-order valence-corrected chi connectivity index (χ1v) is 8.82. The summed E-state index contributed by atoms with van der Waals surface area (Å²) in [5, 5.41) is 3.96. The highest BCUT2D eigenvalue weighted by molar-refractivity contribution is 9.10. The van der Waals surface area contributed by atoms with E-state index in [1.807, 2.05) is 30.9 Å². The van der Waals surface area contributed by atoms with Crippen molar-refractivity contribution in [3.63, 3.8) is 0 Å². The van der Waals surface area contributed by atoms with E-state index in [-0.39, 0.29) is 11.9 Å². The minimum absolute atomic E-state index is 0.199. The summed E-state index contributed by atoms with van der Waals surface area (Å²) in [5.41, 5.74) is 3.17. The van der Waals surface area contributed by atoms with Crippen LogP contribution in [-0.2, 0) is 11.2 Å². The van der Waals surface area contributed by atoms with Gasteiger partial charge in [-0.15, -0.1) is 0 Å². The van der Waals surface area contributed by atoms with Crippen LogP contribution in [0.4, 0.5) is 0 Å². The lowest BCUT2D eigenvalue weighted by Crippen LogP contribution is -2.30. The summed E-state index contributed by atoms with van der Waals surface area (Å²) >= 11 is 3.52. The van der Waals surface area contributed by atoms with Gasteiger partial charge in [-0.25, -0.2) is 0 Å². The Morgan fingerprint density at radius 3 is 2.96 bits per heavy atom. The Morgan fingerprint density at radius 1 is 1.43 bits per heavy atom. The molecule has 0 bridgehead atoms. The summed E-state index contributed by atoms with van der Waals surface area (Å²) in [5.74, 6) is 1.03. The number of carbonyl (C=O) groups excluding carboxylic acids is 1. The fourth-order valence-electron chi connectivity index (χ4n) is 3.36. The van der Waals surface area contributed by atoms with Crippen molar-refractivity contribution in [1.29, 1.82) is 0 Å². The van der Waals surface area contributed by atoms with Crippen molar-refractivity contribution in [3.05, 3.63) is 51.3 Å². The number of hydrogen-bond acceptors (Lipinski definition) is 3. The van der Waals surface area contributed by atoms with Gasteiger partial charge in [-0.2, -0.15) is 0 Å². The van der Waals surface area contributed by atoms with Gasteiger partial charge in [0.1, 0.15) is 5.76 Å². The molecule has 3 rings (SSSR count). The van der Waals surface area contributed by atoms with Gasteiger partial charge in [0.05, 0.1) is 11.7 Å². The molecule has 4 nitrogen and oxygen atoms in total. The van der Waals surface area contributed by atoms with Crippen molar-refractivity contribution in [2.45, 2.75) is 45.6 Å². The van der Waals surface area contributed by atoms with Crippen LogP contribution in [0.15, 0.2) is 33.3 Å². The molecule has 2 aromatic rings. The van der Waals surface area contributed by atoms with Crippen molar-refractivity contribution < 1.29 is 9.32 Å². The van der Waals surface area contributed by atoms with Crippen LogP contribution in [0, 0.1) is 13.8 Å². The third kappa shape index (κ3) is 3.50. The number of amides is 1. The fraction of sp³-hybridized carbons (Fsp3) is 0.444. The van der Waals surface area contributed by atoms with Crippen LogP contribution < -0.4 is 0 Å². The zero-order valence-electron chi connectivity index (χ0n) is 13.5. The van der Waals surface area contributed by atoms with E-state index in [9.17, 15) is 4.79 Å². The standard InChI is InChI=1S/C18H21BrN2O2/c1-12-16(13(2)23-20-12)8-9-18(22)21-10-4-7-17(21)14-5-3-6-15(19)11-14/h3,5-6,11,17H,4,7-10H2,1-2H3/t17-/m0/s1. The van der Waals surface area contributed by atoms with E-state index in [4.69, 9.17) is 4.52 Å². The summed E-state index contributed by atoms with van der Waals surface area (Å²) < 4.78 is 6.24. The number of carbonyl (C=O) groups is 1. The second-order valence-electron chi connectivity index (χ2n) is 6.10. The Bertz CT molecular complexity index is 691. The normalized spacial score (nSPS) is 17.7. The molecule has 0 aliphatic carbocycles. The lowest BCUT2D eigenvalue weighted by Gasteiger charge is -2.25. The number of likely N-dealkylation sites (tertiary alicyclic amines) is 1. The maximum atomic E-state index is 12.7. The molecule has 1 saturated heterocycles. The SMILES string of the molecule is Cc1noc(C)c1CCC(=O)N1CCC[C@H]1c1cccc(Br)c1. The fourth-order valence-corrected chi connectivity index (χ4v) is 3.78. The lowest BCUT2D eigenvalue weighted by atomic mass is 10.0. The summed E-state index contributed by atoms with van der Waals surface area (Å²) in [4.78, 5) is 14.7. The first kappa shape index (κ1) is 16.2. The van der Waals surface area contributed by atoms with Gasteiger partial charge in [-0.1, -0.05) is 33.2 Å². The number of aromatic nitrogens is 1. The van der Waals surface area contributed by atoms with E-state index in [0.29, 0.717) is 12.8 Å². The second kappa shape index (κ2) is 6.87. The number of halogens is 1. The predicted molar refractivity (Wildman–Crippen MR) is 92.1 cm³/mol. The van der Waals surface area contributed by atoms with Crippen molar-refractivity contribution in [2.75, 3.05) is 6.54 Å². The third-order valence-corrected chi connectivity index (χ3v) is 5.07. The first-order chi connectivity index (χ1) is 11.1. The molecule has 1 amide bonds. The number of rotatable bonds is 4. The Labute approximate surface area is 145 Å². The maximum absolute atomic E-state index is 12.7. The Balaban J connectivity index is 1.69. The van der Waals surface area contributed by atoms with E-state index in [2.05, 4.69) is 33.2 Å².